The van der Waals surface area contributed by atoms with Crippen LogP contribution in [0.3, 0.4) is 0 Å². The fourth-order valence-corrected chi connectivity index (χ4v) is 12.5. The SMILES string of the molecule is CC1CCOC[C@@H]1c1ccc(-c2ccncc2N)cc1.Cn1cncc1-c1c(N)cncc1F.Cn1nncc1-c1ccncc1N.Nc1cnccc1-c1ccc(C(=O)N2CCN(C3COC3)CC2)cc1.Nc1cnccc1-c1ccc(C(=O)N2CCN3CCC2CC3)cc1. The lowest BCUT2D eigenvalue weighted by molar-refractivity contribution is -0.0746. The van der Waals surface area contributed by atoms with Gasteiger partial charge in [-0.05, 0) is 96.0 Å². The van der Waals surface area contributed by atoms with Crippen LogP contribution in [0.2, 0.25) is 0 Å². The Hall–Kier alpha value is -10.5. The topological polar surface area (TPSA) is 309 Å². The van der Waals surface area contributed by atoms with E-state index in [0.717, 1.165) is 166 Å². The second kappa shape index (κ2) is 31.6. The van der Waals surface area contributed by atoms with Gasteiger partial charge < -0.3 is 57.4 Å². The summed E-state index contributed by atoms with van der Waals surface area (Å²) in [6.45, 7) is 13.1. The molecule has 2 amide bonds. The van der Waals surface area contributed by atoms with Crippen LogP contribution in [0.15, 0.2) is 178 Å². The van der Waals surface area contributed by atoms with E-state index in [-0.39, 0.29) is 11.8 Å². The van der Waals surface area contributed by atoms with Gasteiger partial charge in [-0.15, -0.1) is 5.10 Å². The number of pyridine rings is 5. The number of hydrogen-bond donors (Lipinski definition) is 5. The quantitative estimate of drug-likeness (QED) is 0.0900. The van der Waals surface area contributed by atoms with Gasteiger partial charge in [-0.25, -0.2) is 14.1 Å². The number of fused-ring (bicyclic) bond motifs is 4. The van der Waals surface area contributed by atoms with Gasteiger partial charge >= 0.3 is 0 Å². The molecule has 0 radical (unpaired) electrons. The highest BCUT2D eigenvalue weighted by Gasteiger charge is 2.33. The van der Waals surface area contributed by atoms with E-state index < -0.39 is 5.82 Å². The number of piperidine rings is 1. The first-order valence-electron chi connectivity index (χ1n) is 32.2. The van der Waals surface area contributed by atoms with Gasteiger partial charge in [0, 0.05) is 143 Å². The molecule has 3 aromatic carbocycles. The van der Waals surface area contributed by atoms with Gasteiger partial charge in [0.25, 0.3) is 11.8 Å². The predicted molar refractivity (Wildman–Crippen MR) is 372 cm³/mol. The van der Waals surface area contributed by atoms with Crippen molar-refractivity contribution in [2.45, 2.75) is 44.2 Å². The Bertz CT molecular complexity index is 4170. The third kappa shape index (κ3) is 16.2. The number of anilines is 5. The minimum Gasteiger partial charge on any atom is -0.397 e. The first-order valence-corrected chi connectivity index (χ1v) is 32.2. The Kier molecular flexibility index (Phi) is 22.0. The summed E-state index contributed by atoms with van der Waals surface area (Å²) in [6, 6.07) is 32.6. The molecule has 7 aromatic heterocycles. The molecule has 24 heteroatoms. The van der Waals surface area contributed by atoms with Crippen molar-refractivity contribution in [2.75, 3.05) is 107 Å². The molecule has 6 fully saturated rings. The molecule has 496 valence electrons. The Morgan fingerprint density at radius 3 is 1.48 bits per heavy atom. The predicted octanol–water partition coefficient (Wildman–Crippen LogP) is 8.87. The summed E-state index contributed by atoms with van der Waals surface area (Å²) in [5, 5.41) is 7.60. The van der Waals surface area contributed by atoms with Crippen LogP contribution >= 0.6 is 0 Å². The van der Waals surface area contributed by atoms with Crippen LogP contribution in [0.5, 0.6) is 0 Å². The molecule has 13 heterocycles. The van der Waals surface area contributed by atoms with Gasteiger partial charge in [0.1, 0.15) is 0 Å². The van der Waals surface area contributed by atoms with Crippen LogP contribution in [-0.2, 0) is 23.6 Å². The number of imidazole rings is 1. The molecule has 10 aromatic rings. The van der Waals surface area contributed by atoms with E-state index in [1.807, 2.05) is 84.7 Å². The largest absolute Gasteiger partial charge is 0.397 e. The first kappa shape index (κ1) is 66.9. The number of amides is 2. The van der Waals surface area contributed by atoms with Gasteiger partial charge in [0.15, 0.2) is 5.82 Å². The number of nitrogens with zero attached hydrogens (tertiary/aromatic N) is 14. The van der Waals surface area contributed by atoms with E-state index in [1.54, 1.807) is 84.6 Å². The molecule has 96 heavy (non-hydrogen) atoms. The van der Waals surface area contributed by atoms with Crippen molar-refractivity contribution in [2.24, 2.45) is 20.0 Å². The summed E-state index contributed by atoms with van der Waals surface area (Å²) in [4.78, 5) is 58.1. The van der Waals surface area contributed by atoms with Crippen molar-refractivity contribution in [1.82, 2.24) is 69.1 Å². The number of ether oxygens (including phenoxy) is 2. The van der Waals surface area contributed by atoms with Gasteiger partial charge in [-0.3, -0.25) is 39.4 Å². The molecule has 6 aliphatic heterocycles. The van der Waals surface area contributed by atoms with E-state index in [0.29, 0.717) is 57.9 Å². The van der Waals surface area contributed by atoms with Crippen molar-refractivity contribution in [3.8, 4) is 55.9 Å². The smallest absolute Gasteiger partial charge is 0.254 e. The highest BCUT2D eigenvalue weighted by Crippen LogP contribution is 2.34. The highest BCUT2D eigenvalue weighted by molar-refractivity contribution is 5.96. The number of benzene rings is 3. The number of carbonyl (C=O) groups excluding carboxylic acids is 2. The molecule has 0 aliphatic carbocycles. The van der Waals surface area contributed by atoms with Gasteiger partial charge in [-0.1, -0.05) is 60.7 Å². The van der Waals surface area contributed by atoms with E-state index in [4.69, 9.17) is 38.1 Å². The lowest BCUT2D eigenvalue weighted by Crippen LogP contribution is -2.57. The molecular formula is C72H82FN19O4. The maximum absolute atomic E-state index is 13.4. The molecule has 10 N–H and O–H groups in total. The third-order valence-electron chi connectivity index (χ3n) is 18.3. The van der Waals surface area contributed by atoms with Crippen LogP contribution in [0.4, 0.5) is 32.8 Å². The maximum Gasteiger partial charge on any atom is 0.254 e. The Balaban J connectivity index is 0.000000125. The summed E-state index contributed by atoms with van der Waals surface area (Å²) < 4.78 is 27.7. The number of aromatic nitrogens is 10. The zero-order valence-electron chi connectivity index (χ0n) is 54.3. The minimum atomic E-state index is -0.436. The molecule has 0 spiro atoms. The number of piperazine rings is 1. The number of carbonyl (C=O) groups is 2. The summed E-state index contributed by atoms with van der Waals surface area (Å²) in [5.74, 6) is 0.999. The van der Waals surface area contributed by atoms with Crippen molar-refractivity contribution >= 4 is 40.3 Å². The standard InChI is InChI=1S/C19H22N4O2.C19H22N4O.C17H20N2O.C9H9FN4.C8H9N5/c20-18-11-21-6-5-17(18)14-1-3-15(4-2-14)19(24)23-9-7-22(8-10-23)16-12-25-13-16;20-18-13-21-8-5-17(18)14-1-3-15(4-2-14)19(24)23-12-11-22-9-6-16(23)7-10-22;1-12-7-9-20-11-16(12)14-4-2-13(3-5-14)15-6-8-19-10-17(15)18;1-14-5-13-4-8(14)9-6(10)2-12-3-7(9)11;1-13-8(5-11-12-13)6-2-3-10-4-7(6)9/h1-6,11,16H,7-10,12-13,20H2;1-5,8,13,16H,6-7,9-12,20H2;2-6,8,10,12,16H,7,9,11,18H2,1H3;2-5H,11H2,1H3;2-5H,9H2,1H3/t;;12?,16-;;/m..0../s1. The maximum atomic E-state index is 13.4. The molecule has 6 saturated heterocycles. The van der Waals surface area contributed by atoms with Crippen LogP contribution < -0.4 is 28.7 Å². The second-order valence-electron chi connectivity index (χ2n) is 24.4. The Morgan fingerprint density at radius 1 is 0.490 bits per heavy atom. The number of aryl methyl sites for hydroxylation is 2. The average Bonchev–Trinajstić information content (AvgIpc) is 1.59. The lowest BCUT2D eigenvalue weighted by Gasteiger charge is -2.42. The van der Waals surface area contributed by atoms with E-state index in [9.17, 15) is 14.0 Å². The van der Waals surface area contributed by atoms with E-state index >= 15 is 0 Å². The fraction of sp³-hybridized carbons (Fsp3) is 0.306. The molecule has 16 rings (SSSR count). The Labute approximate surface area is 558 Å². The van der Waals surface area contributed by atoms with Crippen molar-refractivity contribution in [3.63, 3.8) is 0 Å². The summed E-state index contributed by atoms with van der Waals surface area (Å²) in [5.41, 5.74) is 43.9. The normalized spacial score (nSPS) is 18.3. The Morgan fingerprint density at radius 2 is 1.01 bits per heavy atom. The van der Waals surface area contributed by atoms with Crippen LogP contribution in [0.25, 0.3) is 55.9 Å². The zero-order valence-corrected chi connectivity index (χ0v) is 54.3. The van der Waals surface area contributed by atoms with Crippen LogP contribution in [0.1, 0.15) is 58.4 Å². The molecule has 2 bridgehead atoms. The number of hydrogen-bond acceptors (Lipinski definition) is 19. The van der Waals surface area contributed by atoms with Gasteiger partial charge in [0.2, 0.25) is 0 Å². The fourth-order valence-electron chi connectivity index (χ4n) is 12.5. The molecule has 1 unspecified atom stereocenters. The monoisotopic (exact) mass is 1300 g/mol. The number of rotatable bonds is 9. The number of halogens is 1. The molecular weight excluding hydrogens is 1210 g/mol. The van der Waals surface area contributed by atoms with Crippen LogP contribution in [-0.4, -0.2) is 172 Å². The average molecular weight is 1300 g/mol. The van der Waals surface area contributed by atoms with Crippen molar-refractivity contribution in [1.29, 1.82) is 0 Å². The number of nitrogens with two attached hydrogens (primary N) is 5. The lowest BCUT2D eigenvalue weighted by atomic mass is 9.84. The van der Waals surface area contributed by atoms with Crippen LogP contribution in [0, 0.1) is 11.7 Å². The molecule has 23 nitrogen and oxygen atoms in total. The zero-order chi connectivity index (χ0) is 67.1. The van der Waals surface area contributed by atoms with Crippen molar-refractivity contribution in [3.05, 3.63) is 200 Å². The van der Waals surface area contributed by atoms with Crippen molar-refractivity contribution < 1.29 is 23.5 Å². The second-order valence-corrected chi connectivity index (χ2v) is 24.4. The minimum absolute atomic E-state index is 0.0961. The summed E-state index contributed by atoms with van der Waals surface area (Å²) in [7, 11) is 3.60. The summed E-state index contributed by atoms with van der Waals surface area (Å²) in [6.07, 6.45) is 24.2. The van der Waals surface area contributed by atoms with Gasteiger partial charge in [0.05, 0.1) is 127 Å². The third-order valence-corrected chi connectivity index (χ3v) is 18.3. The van der Waals surface area contributed by atoms with E-state index in [1.165, 1.54) is 11.8 Å². The molecule has 0 saturated carbocycles. The molecule has 2 atom stereocenters. The summed E-state index contributed by atoms with van der Waals surface area (Å²) >= 11 is 0. The van der Waals surface area contributed by atoms with Gasteiger partial charge in [-0.2, -0.15) is 0 Å². The van der Waals surface area contributed by atoms with E-state index in [2.05, 4.69) is 86.1 Å². The molecule has 6 aliphatic rings. The highest BCUT2D eigenvalue weighted by atomic mass is 19.1. The number of nitrogen functional groups attached to an aromatic ring is 5. The first-order chi connectivity index (χ1) is 46.7.